The lowest BCUT2D eigenvalue weighted by Gasteiger charge is -2.06. The molecule has 0 atom stereocenters. The van der Waals surface area contributed by atoms with E-state index in [9.17, 15) is 13.2 Å². The summed E-state index contributed by atoms with van der Waals surface area (Å²) in [5.74, 6) is -0.0719. The summed E-state index contributed by atoms with van der Waals surface area (Å²) in [6.45, 7) is 1.51. The van der Waals surface area contributed by atoms with Crippen LogP contribution >= 0.6 is 11.6 Å². The molecule has 0 spiro atoms. The summed E-state index contributed by atoms with van der Waals surface area (Å²) in [6.07, 6.45) is 0.494. The molecule has 0 aliphatic carbocycles. The summed E-state index contributed by atoms with van der Waals surface area (Å²) in [5.41, 5.74) is 0.111. The van der Waals surface area contributed by atoms with E-state index >= 15 is 0 Å². The monoisotopic (exact) mass is 232 g/mol. The zero-order valence-corrected chi connectivity index (χ0v) is 9.10. The van der Waals surface area contributed by atoms with Gasteiger partial charge in [0.25, 0.3) is 0 Å². The molecule has 0 N–H and O–H groups in total. The van der Waals surface area contributed by atoms with Crippen LogP contribution in [-0.4, -0.2) is 20.5 Å². The van der Waals surface area contributed by atoms with Gasteiger partial charge in [-0.05, 0) is 6.07 Å². The number of halogens is 1. The summed E-state index contributed by atoms with van der Waals surface area (Å²) in [4.78, 5) is 10.5. The molecular formula is C9H9ClO3S. The minimum atomic E-state index is -3.43. The first-order valence-electron chi connectivity index (χ1n) is 3.99. The molecule has 0 fully saturated rings. The molecule has 0 aromatic heterocycles. The van der Waals surface area contributed by atoms with Crippen LogP contribution in [0.2, 0.25) is 5.02 Å². The third kappa shape index (κ3) is 1.96. The fraction of sp³-hybridized carbons (Fsp3) is 0.222. The Balaban J connectivity index is 3.54. The van der Waals surface area contributed by atoms with Crippen LogP contribution in [0.3, 0.4) is 0 Å². The Morgan fingerprint density at radius 2 is 2.07 bits per heavy atom. The van der Waals surface area contributed by atoms with E-state index in [0.29, 0.717) is 6.29 Å². The van der Waals surface area contributed by atoms with Crippen molar-refractivity contribution < 1.29 is 13.2 Å². The summed E-state index contributed by atoms with van der Waals surface area (Å²) in [7, 11) is -3.43. The number of hydrogen-bond donors (Lipinski definition) is 0. The second-order valence-electron chi connectivity index (χ2n) is 2.68. The largest absolute Gasteiger partial charge is 0.298 e. The minimum absolute atomic E-state index is 0.0702. The van der Waals surface area contributed by atoms with E-state index < -0.39 is 9.84 Å². The maximum atomic E-state index is 11.6. The number of rotatable bonds is 3. The third-order valence-electron chi connectivity index (χ3n) is 1.82. The molecule has 0 radical (unpaired) electrons. The topological polar surface area (TPSA) is 51.2 Å². The van der Waals surface area contributed by atoms with Crippen molar-refractivity contribution in [1.29, 1.82) is 0 Å². The Hall–Kier alpha value is -0.870. The Bertz CT molecular complexity index is 451. The molecule has 0 aliphatic rings. The van der Waals surface area contributed by atoms with Gasteiger partial charge >= 0.3 is 0 Å². The van der Waals surface area contributed by atoms with E-state index in [4.69, 9.17) is 11.6 Å². The van der Waals surface area contributed by atoms with Crippen molar-refractivity contribution in [2.75, 3.05) is 5.75 Å². The van der Waals surface area contributed by atoms with E-state index in [-0.39, 0.29) is 21.2 Å². The zero-order chi connectivity index (χ0) is 10.8. The standard InChI is InChI=1S/C9H9ClO3S/c1-2-14(12,13)9-7(6-11)4-3-5-8(9)10/h3-6H,2H2,1H3. The summed E-state index contributed by atoms with van der Waals surface area (Å²) in [6, 6.07) is 4.43. The number of sulfone groups is 1. The van der Waals surface area contributed by atoms with Gasteiger partial charge in [-0.3, -0.25) is 4.79 Å². The van der Waals surface area contributed by atoms with Crippen LogP contribution in [0.1, 0.15) is 17.3 Å². The van der Waals surface area contributed by atoms with Crippen molar-refractivity contribution >= 4 is 27.7 Å². The molecule has 0 aliphatic heterocycles. The van der Waals surface area contributed by atoms with E-state index in [1.165, 1.54) is 19.1 Å². The molecule has 0 heterocycles. The summed E-state index contributed by atoms with van der Waals surface area (Å²) in [5, 5.41) is 0.0939. The predicted octanol–water partition coefficient (Wildman–Crippen LogP) is 1.95. The first-order chi connectivity index (χ1) is 6.53. The number of carbonyl (C=O) groups is 1. The van der Waals surface area contributed by atoms with Gasteiger partial charge in [0.1, 0.15) is 0 Å². The molecule has 76 valence electrons. The van der Waals surface area contributed by atoms with Crippen molar-refractivity contribution in [2.45, 2.75) is 11.8 Å². The highest BCUT2D eigenvalue weighted by Gasteiger charge is 2.19. The Morgan fingerprint density at radius 1 is 1.43 bits per heavy atom. The van der Waals surface area contributed by atoms with Gasteiger partial charge in [0.15, 0.2) is 16.1 Å². The van der Waals surface area contributed by atoms with E-state index in [0.717, 1.165) is 0 Å². The highest BCUT2D eigenvalue weighted by Crippen LogP contribution is 2.25. The average molecular weight is 233 g/mol. The Morgan fingerprint density at radius 3 is 2.57 bits per heavy atom. The molecule has 0 amide bonds. The van der Waals surface area contributed by atoms with Gasteiger partial charge in [-0.1, -0.05) is 30.7 Å². The lowest BCUT2D eigenvalue weighted by Crippen LogP contribution is -2.07. The van der Waals surface area contributed by atoms with Gasteiger partial charge in [-0.2, -0.15) is 0 Å². The molecular weight excluding hydrogens is 224 g/mol. The third-order valence-corrected chi connectivity index (χ3v) is 4.08. The lowest BCUT2D eigenvalue weighted by molar-refractivity contribution is 0.112. The van der Waals surface area contributed by atoms with Crippen LogP contribution in [0, 0.1) is 0 Å². The molecule has 0 saturated heterocycles. The molecule has 5 heteroatoms. The molecule has 0 unspecified atom stereocenters. The van der Waals surface area contributed by atoms with Crippen molar-refractivity contribution in [1.82, 2.24) is 0 Å². The fourth-order valence-electron chi connectivity index (χ4n) is 1.09. The molecule has 1 aromatic rings. The number of aldehydes is 1. The van der Waals surface area contributed by atoms with Gasteiger partial charge in [0.05, 0.1) is 15.7 Å². The van der Waals surface area contributed by atoms with E-state index in [1.54, 1.807) is 6.07 Å². The van der Waals surface area contributed by atoms with Crippen LogP contribution < -0.4 is 0 Å². The van der Waals surface area contributed by atoms with Crippen LogP contribution in [0.4, 0.5) is 0 Å². The van der Waals surface area contributed by atoms with Crippen LogP contribution in [0.5, 0.6) is 0 Å². The first kappa shape index (κ1) is 11.2. The van der Waals surface area contributed by atoms with Crippen LogP contribution in [0.25, 0.3) is 0 Å². The van der Waals surface area contributed by atoms with E-state index in [2.05, 4.69) is 0 Å². The molecule has 14 heavy (non-hydrogen) atoms. The maximum absolute atomic E-state index is 11.6. The fourth-order valence-corrected chi connectivity index (χ4v) is 2.75. The van der Waals surface area contributed by atoms with Crippen molar-refractivity contribution in [3.63, 3.8) is 0 Å². The smallest absolute Gasteiger partial charge is 0.180 e. The quantitative estimate of drug-likeness (QED) is 0.749. The molecule has 1 aromatic carbocycles. The van der Waals surface area contributed by atoms with E-state index in [1.807, 2.05) is 0 Å². The second-order valence-corrected chi connectivity index (χ2v) is 5.30. The Labute approximate surface area is 87.6 Å². The van der Waals surface area contributed by atoms with Crippen molar-refractivity contribution in [3.8, 4) is 0 Å². The second kappa shape index (κ2) is 4.11. The molecule has 0 saturated carbocycles. The highest BCUT2D eigenvalue weighted by molar-refractivity contribution is 7.91. The van der Waals surface area contributed by atoms with Gasteiger partial charge in [0, 0.05) is 5.56 Å². The minimum Gasteiger partial charge on any atom is -0.298 e. The summed E-state index contributed by atoms with van der Waals surface area (Å²) < 4.78 is 23.1. The normalized spacial score (nSPS) is 11.3. The first-order valence-corrected chi connectivity index (χ1v) is 6.02. The number of benzene rings is 1. The van der Waals surface area contributed by atoms with Crippen LogP contribution in [-0.2, 0) is 9.84 Å². The van der Waals surface area contributed by atoms with Gasteiger partial charge in [-0.25, -0.2) is 8.42 Å². The summed E-state index contributed by atoms with van der Waals surface area (Å²) >= 11 is 5.73. The lowest BCUT2D eigenvalue weighted by atomic mass is 10.2. The SMILES string of the molecule is CCS(=O)(=O)c1c(Cl)cccc1C=O. The zero-order valence-electron chi connectivity index (χ0n) is 7.53. The van der Waals surface area contributed by atoms with Gasteiger partial charge in [0.2, 0.25) is 0 Å². The van der Waals surface area contributed by atoms with Gasteiger partial charge < -0.3 is 0 Å². The molecule has 1 rings (SSSR count). The average Bonchev–Trinajstić information content (AvgIpc) is 2.17. The van der Waals surface area contributed by atoms with Crippen molar-refractivity contribution in [2.24, 2.45) is 0 Å². The highest BCUT2D eigenvalue weighted by atomic mass is 35.5. The predicted molar refractivity (Wildman–Crippen MR) is 54.6 cm³/mol. The molecule has 0 bridgehead atoms. The van der Waals surface area contributed by atoms with Crippen molar-refractivity contribution in [3.05, 3.63) is 28.8 Å². The number of hydrogen-bond acceptors (Lipinski definition) is 3. The number of carbonyl (C=O) groups excluding carboxylic acids is 1. The van der Waals surface area contributed by atoms with Gasteiger partial charge in [-0.15, -0.1) is 0 Å². The maximum Gasteiger partial charge on any atom is 0.180 e. The van der Waals surface area contributed by atoms with Crippen LogP contribution in [0.15, 0.2) is 23.1 Å². The molecule has 3 nitrogen and oxygen atoms in total. The Kier molecular flexibility index (Phi) is 3.29.